The summed E-state index contributed by atoms with van der Waals surface area (Å²) in [6.45, 7) is 7.98. The predicted octanol–water partition coefficient (Wildman–Crippen LogP) is 12.5. The molecule has 0 aliphatic carbocycles. The van der Waals surface area contributed by atoms with Crippen LogP contribution >= 0.6 is 0 Å². The number of nitrogens with zero attached hydrogens (tertiary/aromatic N) is 5. The highest BCUT2D eigenvalue weighted by molar-refractivity contribution is 7.00. The summed E-state index contributed by atoms with van der Waals surface area (Å²) in [7, 11) is 0. The molecule has 0 bridgehead atoms. The first-order chi connectivity index (χ1) is 31.7. The molecule has 0 amide bonds. The van der Waals surface area contributed by atoms with Gasteiger partial charge in [0, 0.05) is 49.5 Å². The molecule has 0 saturated carbocycles. The number of hydrogen-bond donors (Lipinski definition) is 0. The molecule has 3 aromatic heterocycles. The second-order valence-electron chi connectivity index (χ2n) is 17.4. The topological polar surface area (TPSA) is 42.9 Å². The number of nitriles is 1. The fraction of sp³-hybridized carbons (Fsp3) is 0. The Morgan fingerprint density at radius 3 is 1.69 bits per heavy atom. The zero-order valence-electron chi connectivity index (χ0n) is 34.1. The molecule has 13 aromatic rings. The van der Waals surface area contributed by atoms with E-state index in [-0.39, 0.29) is 6.71 Å². The Bertz CT molecular complexity index is 4200. The van der Waals surface area contributed by atoms with Gasteiger partial charge in [0.2, 0.25) is 0 Å². The van der Waals surface area contributed by atoms with Crippen LogP contribution in [0, 0.1) is 17.9 Å². The lowest BCUT2D eigenvalue weighted by Crippen LogP contribution is -2.59. The fourth-order valence-electron chi connectivity index (χ4n) is 11.9. The van der Waals surface area contributed by atoms with Gasteiger partial charge >= 0.3 is 0 Å². The van der Waals surface area contributed by atoms with Gasteiger partial charge in [-0.15, -0.1) is 0 Å². The molecule has 0 spiro atoms. The van der Waals surface area contributed by atoms with Crippen LogP contribution in [0.1, 0.15) is 5.56 Å². The highest BCUT2D eigenvalue weighted by Gasteiger charge is 2.42. The number of benzene rings is 10. The maximum Gasteiger partial charge on any atom is 0.252 e. The zero-order chi connectivity index (χ0) is 41.9. The molecule has 0 radical (unpaired) electrons. The molecule has 5 heterocycles. The lowest BCUT2D eigenvalue weighted by atomic mass is 9.34. The van der Waals surface area contributed by atoms with Gasteiger partial charge in [-0.1, -0.05) is 109 Å². The molecule has 64 heavy (non-hydrogen) atoms. The highest BCUT2D eigenvalue weighted by atomic mass is 15.0. The summed E-state index contributed by atoms with van der Waals surface area (Å²) >= 11 is 0. The largest absolute Gasteiger partial charge is 0.310 e. The molecule has 0 N–H and O–H groups in total. The van der Waals surface area contributed by atoms with Crippen LogP contribution in [0.5, 0.6) is 0 Å². The van der Waals surface area contributed by atoms with Crippen molar-refractivity contribution in [3.05, 3.63) is 199 Å². The Balaban J connectivity index is 1.14. The Hall–Kier alpha value is -8.84. The van der Waals surface area contributed by atoms with E-state index in [2.05, 4.69) is 194 Å². The Morgan fingerprint density at radius 1 is 0.453 bits per heavy atom. The van der Waals surface area contributed by atoms with Gasteiger partial charge in [0.25, 0.3) is 6.71 Å². The quantitative estimate of drug-likeness (QED) is 0.127. The van der Waals surface area contributed by atoms with Crippen molar-refractivity contribution in [1.29, 1.82) is 5.26 Å². The van der Waals surface area contributed by atoms with Gasteiger partial charge in [0.1, 0.15) is 0 Å². The summed E-state index contributed by atoms with van der Waals surface area (Å²) < 4.78 is 7.37. The van der Waals surface area contributed by atoms with Gasteiger partial charge in [0.05, 0.1) is 45.8 Å². The minimum atomic E-state index is -0.0889. The summed E-state index contributed by atoms with van der Waals surface area (Å²) in [5, 5.41) is 21.9. The highest BCUT2D eigenvalue weighted by Crippen LogP contribution is 2.45. The van der Waals surface area contributed by atoms with Crippen LogP contribution in [0.4, 0.5) is 5.69 Å². The van der Waals surface area contributed by atoms with Crippen LogP contribution in [0.15, 0.2) is 182 Å². The summed E-state index contributed by atoms with van der Waals surface area (Å²) in [6, 6.07) is 68.3. The third kappa shape index (κ3) is 4.13. The van der Waals surface area contributed by atoms with Crippen LogP contribution in [0.3, 0.4) is 0 Å². The maximum absolute atomic E-state index is 10.3. The molecular formula is C58H30BN5. The van der Waals surface area contributed by atoms with Crippen molar-refractivity contribution in [2.45, 2.75) is 0 Å². The molecule has 0 atom stereocenters. The van der Waals surface area contributed by atoms with Crippen molar-refractivity contribution in [3.63, 3.8) is 0 Å². The first-order valence-electron chi connectivity index (χ1n) is 21.7. The smallest absolute Gasteiger partial charge is 0.252 e. The third-order valence-corrected chi connectivity index (χ3v) is 14.4. The third-order valence-electron chi connectivity index (χ3n) is 14.4. The minimum absolute atomic E-state index is 0.0889. The SMILES string of the molecule is [C-]#[N+]c1ccc2c(c1)c1c3ccccc3cc3c1n2-c1cc(-c2ccc4c(c2)c2ccccc2n4-c2ccccc2)cc2c1B3c1cc3ccccc3c3c4cc(C#N)ccc4n-2c13. The maximum atomic E-state index is 10.3. The van der Waals surface area contributed by atoms with Gasteiger partial charge in [-0.25, -0.2) is 4.85 Å². The van der Waals surface area contributed by atoms with Crippen LogP contribution in [-0.2, 0) is 0 Å². The Labute approximate surface area is 366 Å². The molecule has 2 aliphatic heterocycles. The normalized spacial score (nSPS) is 12.6. The number of para-hydroxylation sites is 2. The van der Waals surface area contributed by atoms with E-state index >= 15 is 0 Å². The average Bonchev–Trinajstić information content (AvgIpc) is 4.00. The molecular weight excluding hydrogens is 777 g/mol. The van der Waals surface area contributed by atoms with Crippen LogP contribution in [-0.4, -0.2) is 20.4 Å². The summed E-state index contributed by atoms with van der Waals surface area (Å²) in [6.07, 6.45) is 0. The van der Waals surface area contributed by atoms with Crippen molar-refractivity contribution in [1.82, 2.24) is 13.7 Å². The number of fused-ring (bicyclic) bond motifs is 17. The van der Waals surface area contributed by atoms with E-state index in [1.165, 1.54) is 76.0 Å². The zero-order valence-corrected chi connectivity index (χ0v) is 34.1. The number of rotatable bonds is 2. The van der Waals surface area contributed by atoms with Crippen molar-refractivity contribution in [3.8, 4) is 34.3 Å². The molecule has 15 rings (SSSR count). The van der Waals surface area contributed by atoms with Crippen LogP contribution < -0.4 is 16.4 Å². The van der Waals surface area contributed by atoms with Gasteiger partial charge in [-0.3, -0.25) is 0 Å². The molecule has 2 aliphatic rings. The average molecular weight is 808 g/mol. The summed E-state index contributed by atoms with van der Waals surface area (Å²) in [5.41, 5.74) is 17.6. The fourth-order valence-corrected chi connectivity index (χ4v) is 11.9. The van der Waals surface area contributed by atoms with E-state index < -0.39 is 0 Å². The van der Waals surface area contributed by atoms with Crippen molar-refractivity contribution >= 4 is 116 Å². The molecule has 10 aromatic carbocycles. The lowest BCUT2D eigenvalue weighted by molar-refractivity contribution is 1.14. The van der Waals surface area contributed by atoms with E-state index in [4.69, 9.17) is 6.57 Å². The Kier molecular flexibility index (Phi) is 6.32. The number of hydrogen-bond acceptors (Lipinski definition) is 1. The monoisotopic (exact) mass is 807 g/mol. The van der Waals surface area contributed by atoms with Gasteiger partial charge in [0.15, 0.2) is 5.69 Å². The first-order valence-corrected chi connectivity index (χ1v) is 21.7. The van der Waals surface area contributed by atoms with Crippen molar-refractivity contribution in [2.75, 3.05) is 0 Å². The summed E-state index contributed by atoms with van der Waals surface area (Å²) in [4.78, 5) is 3.93. The van der Waals surface area contributed by atoms with E-state index in [9.17, 15) is 5.26 Å². The molecule has 0 fully saturated rings. The molecule has 6 heteroatoms. The predicted molar refractivity (Wildman–Crippen MR) is 266 cm³/mol. The van der Waals surface area contributed by atoms with Crippen LogP contribution in [0.2, 0.25) is 0 Å². The molecule has 0 unspecified atom stereocenters. The van der Waals surface area contributed by atoms with E-state index in [1.54, 1.807) is 0 Å². The van der Waals surface area contributed by atoms with E-state index in [1.807, 2.05) is 12.1 Å². The van der Waals surface area contributed by atoms with Gasteiger partial charge < -0.3 is 13.7 Å². The minimum Gasteiger partial charge on any atom is -0.310 e. The summed E-state index contributed by atoms with van der Waals surface area (Å²) in [5.74, 6) is 0. The molecule has 0 saturated heterocycles. The first kappa shape index (κ1) is 33.8. The van der Waals surface area contributed by atoms with Gasteiger partial charge in [-0.05, 0) is 127 Å². The second-order valence-corrected chi connectivity index (χ2v) is 17.4. The van der Waals surface area contributed by atoms with E-state index in [0.29, 0.717) is 11.3 Å². The molecule has 290 valence electrons. The standard InChI is InChI=1S/C58H30BN5/c1-61-38-21-24-51-45(31-38)55-41-16-8-6-12-36(41)28-47-58(55)64(51)53-30-37(34-20-23-49-43(26-34)42-17-9-10-18-48(42)62(49)39-13-3-2-4-14-39)29-52-56(53)59(47)46-27-35-11-5-7-15-40(35)54-44-25-33(32-60)19-22-50(44)63(52)57(46)54/h2-31H. The van der Waals surface area contributed by atoms with Crippen molar-refractivity contribution in [2.24, 2.45) is 0 Å². The number of aromatic nitrogens is 3. The van der Waals surface area contributed by atoms with Crippen LogP contribution in [0.25, 0.3) is 120 Å². The van der Waals surface area contributed by atoms with E-state index in [0.717, 1.165) is 55.5 Å². The second kappa shape index (κ2) is 12.0. The Morgan fingerprint density at radius 2 is 1.02 bits per heavy atom. The van der Waals surface area contributed by atoms with Gasteiger partial charge in [-0.2, -0.15) is 5.26 Å². The van der Waals surface area contributed by atoms with Crippen molar-refractivity contribution < 1.29 is 0 Å². The lowest BCUT2D eigenvalue weighted by Gasteiger charge is -2.34. The molecule has 5 nitrogen and oxygen atoms in total.